The summed E-state index contributed by atoms with van der Waals surface area (Å²) >= 11 is 1.35. The van der Waals surface area contributed by atoms with Gasteiger partial charge in [0.05, 0.1) is 17.5 Å². The number of hydrogen-bond acceptors (Lipinski definition) is 7. The van der Waals surface area contributed by atoms with Gasteiger partial charge in [-0.2, -0.15) is 0 Å². The fourth-order valence-electron chi connectivity index (χ4n) is 2.90. The van der Waals surface area contributed by atoms with Crippen LogP contribution >= 0.6 is 11.3 Å². The molecule has 1 aromatic carbocycles. The second-order valence-corrected chi connectivity index (χ2v) is 7.39. The molecule has 7 nitrogen and oxygen atoms in total. The van der Waals surface area contributed by atoms with Crippen molar-refractivity contribution in [2.75, 3.05) is 25.6 Å². The maximum absolute atomic E-state index is 12.5. The van der Waals surface area contributed by atoms with Crippen LogP contribution in [-0.2, 0) is 4.74 Å². The maximum atomic E-state index is 12.5. The number of nitrogens with zero attached hydrogens (tertiary/aromatic N) is 5. The quantitative estimate of drug-likeness (QED) is 0.481. The third-order valence-corrected chi connectivity index (χ3v) is 5.40. The molecule has 0 amide bonds. The number of ether oxygens (including phenoxy) is 1. The summed E-state index contributed by atoms with van der Waals surface area (Å²) in [6, 6.07) is 11.8. The van der Waals surface area contributed by atoms with E-state index in [9.17, 15) is 4.79 Å². The number of rotatable bonds is 5. The number of fused-ring (bicyclic) bond motifs is 1. The normalized spacial score (nSPS) is 11.0. The van der Waals surface area contributed by atoms with E-state index in [2.05, 4.69) is 15.3 Å². The summed E-state index contributed by atoms with van der Waals surface area (Å²) in [4.78, 5) is 19.4. The molecule has 0 spiro atoms. The SMILES string of the molecule is CCOC(=O)c1sc2cccnc2c1-n1cc(-c2ccc(N(C)C)cc2)nn1. The van der Waals surface area contributed by atoms with Crippen LogP contribution in [0.2, 0.25) is 0 Å². The fourth-order valence-corrected chi connectivity index (χ4v) is 3.94. The Balaban J connectivity index is 1.79. The average molecular weight is 393 g/mol. The summed E-state index contributed by atoms with van der Waals surface area (Å²) < 4.78 is 7.72. The molecule has 0 aliphatic carbocycles. The summed E-state index contributed by atoms with van der Waals surface area (Å²) in [5.41, 5.74) is 4.07. The number of aromatic nitrogens is 4. The summed E-state index contributed by atoms with van der Waals surface area (Å²) in [5, 5.41) is 8.56. The number of carbonyl (C=O) groups is 1. The number of benzene rings is 1. The second-order valence-electron chi connectivity index (χ2n) is 6.34. The van der Waals surface area contributed by atoms with E-state index in [0.717, 1.165) is 21.6 Å². The highest BCUT2D eigenvalue weighted by molar-refractivity contribution is 7.21. The fraction of sp³-hybridized carbons (Fsp3) is 0.200. The van der Waals surface area contributed by atoms with Crippen LogP contribution in [0.15, 0.2) is 48.8 Å². The largest absolute Gasteiger partial charge is 0.462 e. The zero-order valence-electron chi connectivity index (χ0n) is 15.8. The summed E-state index contributed by atoms with van der Waals surface area (Å²) in [6.07, 6.45) is 3.51. The zero-order chi connectivity index (χ0) is 19.7. The Labute approximate surface area is 166 Å². The van der Waals surface area contributed by atoms with Crippen LogP contribution in [0, 0.1) is 0 Å². The van der Waals surface area contributed by atoms with Gasteiger partial charge in [-0.25, -0.2) is 9.48 Å². The smallest absolute Gasteiger partial charge is 0.350 e. The van der Waals surface area contributed by atoms with Crippen LogP contribution in [0.25, 0.3) is 27.2 Å². The molecule has 0 saturated carbocycles. The summed E-state index contributed by atoms with van der Waals surface area (Å²) in [7, 11) is 3.99. The number of thiophene rings is 1. The minimum absolute atomic E-state index is 0.306. The van der Waals surface area contributed by atoms with E-state index in [1.54, 1.807) is 17.8 Å². The van der Waals surface area contributed by atoms with Crippen molar-refractivity contribution in [1.29, 1.82) is 0 Å². The van der Waals surface area contributed by atoms with Crippen LogP contribution in [-0.4, -0.2) is 46.6 Å². The van der Waals surface area contributed by atoms with Crippen LogP contribution in [0.1, 0.15) is 16.6 Å². The molecule has 4 rings (SSSR count). The predicted molar refractivity (Wildman–Crippen MR) is 110 cm³/mol. The average Bonchev–Trinajstić information content (AvgIpc) is 3.33. The molecule has 142 valence electrons. The van der Waals surface area contributed by atoms with Gasteiger partial charge >= 0.3 is 5.97 Å². The third kappa shape index (κ3) is 3.22. The lowest BCUT2D eigenvalue weighted by molar-refractivity contribution is 0.0532. The molecule has 0 bridgehead atoms. The molecule has 0 aliphatic rings. The van der Waals surface area contributed by atoms with Gasteiger partial charge in [-0.05, 0) is 31.2 Å². The number of pyridine rings is 1. The molecule has 8 heteroatoms. The summed E-state index contributed by atoms with van der Waals surface area (Å²) in [5.74, 6) is -0.382. The van der Waals surface area contributed by atoms with Crippen molar-refractivity contribution in [3.05, 3.63) is 53.7 Å². The van der Waals surface area contributed by atoms with Gasteiger partial charge in [0, 0.05) is 31.5 Å². The van der Waals surface area contributed by atoms with Gasteiger partial charge in [-0.1, -0.05) is 17.3 Å². The molecule has 3 heterocycles. The molecule has 0 radical (unpaired) electrons. The lowest BCUT2D eigenvalue weighted by atomic mass is 10.1. The molecule has 0 atom stereocenters. The predicted octanol–water partition coefficient (Wildman–Crippen LogP) is 3.79. The van der Waals surface area contributed by atoms with Gasteiger partial charge in [0.1, 0.15) is 21.8 Å². The Morgan fingerprint density at radius 3 is 2.71 bits per heavy atom. The number of hydrogen-bond donors (Lipinski definition) is 0. The highest BCUT2D eigenvalue weighted by Crippen LogP contribution is 2.33. The highest BCUT2D eigenvalue weighted by Gasteiger charge is 2.23. The first-order valence-electron chi connectivity index (χ1n) is 8.83. The topological polar surface area (TPSA) is 73.1 Å². The number of anilines is 1. The first-order valence-corrected chi connectivity index (χ1v) is 9.65. The van der Waals surface area contributed by atoms with E-state index in [4.69, 9.17) is 4.74 Å². The molecule has 0 N–H and O–H groups in total. The van der Waals surface area contributed by atoms with Crippen molar-refractivity contribution >= 4 is 33.2 Å². The monoisotopic (exact) mass is 393 g/mol. The van der Waals surface area contributed by atoms with Gasteiger partial charge in [0.2, 0.25) is 0 Å². The van der Waals surface area contributed by atoms with E-state index in [-0.39, 0.29) is 5.97 Å². The van der Waals surface area contributed by atoms with E-state index < -0.39 is 0 Å². The Morgan fingerprint density at radius 1 is 1.21 bits per heavy atom. The number of esters is 1. The molecular weight excluding hydrogens is 374 g/mol. The zero-order valence-corrected chi connectivity index (χ0v) is 16.6. The number of carbonyl (C=O) groups excluding carboxylic acids is 1. The summed E-state index contributed by atoms with van der Waals surface area (Å²) in [6.45, 7) is 2.09. The maximum Gasteiger partial charge on any atom is 0.350 e. The van der Waals surface area contributed by atoms with Crippen molar-refractivity contribution in [2.45, 2.75) is 6.92 Å². The van der Waals surface area contributed by atoms with E-state index in [0.29, 0.717) is 22.7 Å². The van der Waals surface area contributed by atoms with Gasteiger partial charge in [0.25, 0.3) is 0 Å². The second kappa shape index (κ2) is 7.40. The first kappa shape index (κ1) is 18.1. The molecule has 28 heavy (non-hydrogen) atoms. The molecule has 0 unspecified atom stereocenters. The van der Waals surface area contributed by atoms with E-state index >= 15 is 0 Å². The first-order chi connectivity index (χ1) is 13.6. The molecule has 0 aliphatic heterocycles. The van der Waals surface area contributed by atoms with Gasteiger partial charge in [0.15, 0.2) is 0 Å². The minimum Gasteiger partial charge on any atom is -0.462 e. The van der Waals surface area contributed by atoms with Crippen molar-refractivity contribution in [3.8, 4) is 16.9 Å². The Kier molecular flexibility index (Phi) is 4.79. The minimum atomic E-state index is -0.382. The van der Waals surface area contributed by atoms with Gasteiger partial charge in [-0.3, -0.25) is 4.98 Å². The lowest BCUT2D eigenvalue weighted by Crippen LogP contribution is -2.07. The van der Waals surface area contributed by atoms with Crippen molar-refractivity contribution in [1.82, 2.24) is 20.0 Å². The Bertz CT molecular complexity index is 1130. The molecule has 0 saturated heterocycles. The highest BCUT2D eigenvalue weighted by atomic mass is 32.1. The molecule has 4 aromatic rings. The van der Waals surface area contributed by atoms with Crippen LogP contribution in [0.4, 0.5) is 5.69 Å². The van der Waals surface area contributed by atoms with Crippen LogP contribution in [0.5, 0.6) is 0 Å². The Hall–Kier alpha value is -3.26. The molecular formula is C20H19N5O2S. The standard InChI is InChI=1S/C20H19N5O2S/c1-4-27-20(26)19-18(17-16(28-19)6-5-11-21-17)25-12-15(22-23-25)13-7-9-14(10-8-13)24(2)3/h5-12H,4H2,1-3H3. The molecule has 0 fully saturated rings. The third-order valence-electron chi connectivity index (χ3n) is 4.28. The van der Waals surface area contributed by atoms with E-state index in [1.165, 1.54) is 11.3 Å². The van der Waals surface area contributed by atoms with Crippen molar-refractivity contribution < 1.29 is 9.53 Å². The molecule has 3 aromatic heterocycles. The lowest BCUT2D eigenvalue weighted by Gasteiger charge is -2.11. The van der Waals surface area contributed by atoms with Gasteiger partial charge in [-0.15, -0.1) is 16.4 Å². The van der Waals surface area contributed by atoms with Crippen LogP contribution < -0.4 is 4.90 Å². The van der Waals surface area contributed by atoms with Crippen molar-refractivity contribution in [3.63, 3.8) is 0 Å². The van der Waals surface area contributed by atoms with Crippen molar-refractivity contribution in [2.24, 2.45) is 0 Å². The van der Waals surface area contributed by atoms with Crippen LogP contribution in [0.3, 0.4) is 0 Å². The Morgan fingerprint density at radius 2 is 2.00 bits per heavy atom. The van der Waals surface area contributed by atoms with E-state index in [1.807, 2.05) is 61.6 Å². The van der Waals surface area contributed by atoms with Gasteiger partial charge < -0.3 is 9.64 Å².